The molecule has 1 saturated carbocycles. The zero-order chi connectivity index (χ0) is 18.7. The smallest absolute Gasteiger partial charge is 0.303 e. The Balaban J connectivity index is 2.41. The van der Waals surface area contributed by atoms with E-state index in [1.54, 1.807) is 0 Å². The highest BCUT2D eigenvalue weighted by Gasteiger charge is 2.42. The number of aliphatic hydroxyl groups excluding tert-OH is 2. The fourth-order valence-electron chi connectivity index (χ4n) is 3.61. The van der Waals surface area contributed by atoms with Crippen LogP contribution in [0, 0.1) is 11.8 Å². The van der Waals surface area contributed by atoms with Gasteiger partial charge in [-0.2, -0.15) is 0 Å². The summed E-state index contributed by atoms with van der Waals surface area (Å²) in [4.78, 5) is 22.3. The number of carboxylic acid groups (broad SMARTS) is 1. The van der Waals surface area contributed by atoms with Crippen LogP contribution in [0.15, 0.2) is 11.8 Å². The number of rotatable bonds is 13. The number of carbonyl (C=O) groups excluding carboxylic acids is 1. The van der Waals surface area contributed by atoms with Gasteiger partial charge in [-0.15, -0.1) is 0 Å². The van der Waals surface area contributed by atoms with Gasteiger partial charge in [0, 0.05) is 24.7 Å². The van der Waals surface area contributed by atoms with E-state index in [1.807, 2.05) is 6.08 Å². The second-order valence-electron chi connectivity index (χ2n) is 7.21. The van der Waals surface area contributed by atoms with Gasteiger partial charge >= 0.3 is 5.97 Å². The van der Waals surface area contributed by atoms with Gasteiger partial charge in [0.05, 0.1) is 5.76 Å². The molecule has 144 valence electrons. The number of unbranched alkanes of at least 4 members (excludes halogenated alkanes) is 7. The molecule has 0 aromatic heterocycles. The maximum absolute atomic E-state index is 11.9. The molecule has 5 heteroatoms. The SMILES string of the molecule is CCCCCC/C=C(\O)C1CC(=O)C(O)C1CCCCCCC(=O)O. The highest BCUT2D eigenvalue weighted by atomic mass is 16.4. The summed E-state index contributed by atoms with van der Waals surface area (Å²) in [6.07, 6.45) is 10.6. The minimum atomic E-state index is -0.973. The predicted molar refractivity (Wildman–Crippen MR) is 97.4 cm³/mol. The van der Waals surface area contributed by atoms with Crippen molar-refractivity contribution in [3.63, 3.8) is 0 Å². The molecule has 5 nitrogen and oxygen atoms in total. The van der Waals surface area contributed by atoms with Crippen LogP contribution in [-0.4, -0.2) is 33.2 Å². The molecule has 3 unspecified atom stereocenters. The largest absolute Gasteiger partial charge is 0.512 e. The summed E-state index contributed by atoms with van der Waals surface area (Å²) in [5.74, 6) is -1.15. The lowest BCUT2D eigenvalue weighted by molar-refractivity contribution is -0.137. The van der Waals surface area contributed by atoms with Gasteiger partial charge in [-0.25, -0.2) is 0 Å². The number of ketones is 1. The van der Waals surface area contributed by atoms with Crippen LogP contribution in [0.4, 0.5) is 0 Å². The Labute approximate surface area is 151 Å². The van der Waals surface area contributed by atoms with Gasteiger partial charge in [0.2, 0.25) is 0 Å². The molecule has 0 aliphatic heterocycles. The van der Waals surface area contributed by atoms with Gasteiger partial charge in [-0.3, -0.25) is 9.59 Å². The molecule has 0 bridgehead atoms. The Kier molecular flexibility index (Phi) is 10.5. The van der Waals surface area contributed by atoms with Crippen molar-refractivity contribution in [3.8, 4) is 0 Å². The highest BCUT2D eigenvalue weighted by molar-refractivity contribution is 5.86. The minimum Gasteiger partial charge on any atom is -0.512 e. The normalized spacial score (nSPS) is 24.0. The summed E-state index contributed by atoms with van der Waals surface area (Å²) in [6, 6.07) is 0. The van der Waals surface area contributed by atoms with E-state index in [0.29, 0.717) is 12.8 Å². The number of aliphatic carboxylic acids is 1. The van der Waals surface area contributed by atoms with E-state index in [2.05, 4.69) is 6.92 Å². The monoisotopic (exact) mass is 354 g/mol. The third-order valence-corrected chi connectivity index (χ3v) is 5.14. The van der Waals surface area contributed by atoms with Crippen molar-refractivity contribution in [2.45, 2.75) is 90.1 Å². The molecule has 25 heavy (non-hydrogen) atoms. The average Bonchev–Trinajstić information content (AvgIpc) is 2.85. The van der Waals surface area contributed by atoms with Gasteiger partial charge < -0.3 is 15.3 Å². The number of allylic oxidation sites excluding steroid dienone is 2. The Morgan fingerprint density at radius 1 is 1.08 bits per heavy atom. The van der Waals surface area contributed by atoms with Crippen LogP contribution in [0.5, 0.6) is 0 Å². The molecule has 1 aliphatic carbocycles. The van der Waals surface area contributed by atoms with Crippen LogP contribution in [0.1, 0.15) is 84.0 Å². The van der Waals surface area contributed by atoms with Gasteiger partial charge in [0.1, 0.15) is 6.10 Å². The lowest BCUT2D eigenvalue weighted by Gasteiger charge is -2.20. The summed E-state index contributed by atoms with van der Waals surface area (Å²) >= 11 is 0. The van der Waals surface area contributed by atoms with Gasteiger partial charge in [-0.05, 0) is 31.8 Å². The lowest BCUT2D eigenvalue weighted by atomic mass is 9.87. The lowest BCUT2D eigenvalue weighted by Crippen LogP contribution is -2.23. The average molecular weight is 354 g/mol. The van der Waals surface area contributed by atoms with Crippen molar-refractivity contribution in [1.82, 2.24) is 0 Å². The third kappa shape index (κ3) is 8.04. The second-order valence-corrected chi connectivity index (χ2v) is 7.21. The summed E-state index contributed by atoms with van der Waals surface area (Å²) < 4.78 is 0. The maximum atomic E-state index is 11.9. The van der Waals surface area contributed by atoms with Gasteiger partial charge in [0.15, 0.2) is 5.78 Å². The summed E-state index contributed by atoms with van der Waals surface area (Å²) in [5.41, 5.74) is 0. The van der Waals surface area contributed by atoms with Gasteiger partial charge in [0.25, 0.3) is 0 Å². The van der Waals surface area contributed by atoms with Crippen LogP contribution >= 0.6 is 0 Å². The zero-order valence-corrected chi connectivity index (χ0v) is 15.5. The Morgan fingerprint density at radius 2 is 1.76 bits per heavy atom. The van der Waals surface area contributed by atoms with E-state index in [9.17, 15) is 19.8 Å². The van der Waals surface area contributed by atoms with E-state index >= 15 is 0 Å². The quantitative estimate of drug-likeness (QED) is 0.337. The topological polar surface area (TPSA) is 94.8 Å². The van der Waals surface area contributed by atoms with Crippen molar-refractivity contribution < 1.29 is 24.9 Å². The minimum absolute atomic E-state index is 0.174. The Bertz CT molecular complexity index is 443. The molecule has 3 atom stereocenters. The van der Waals surface area contributed by atoms with E-state index in [1.165, 1.54) is 12.8 Å². The molecule has 0 spiro atoms. The zero-order valence-electron chi connectivity index (χ0n) is 15.5. The molecular weight excluding hydrogens is 320 g/mol. The summed E-state index contributed by atoms with van der Waals surface area (Å²) in [7, 11) is 0. The van der Waals surface area contributed by atoms with E-state index < -0.39 is 12.1 Å². The Hall–Kier alpha value is -1.36. The fourth-order valence-corrected chi connectivity index (χ4v) is 3.61. The molecule has 0 saturated heterocycles. The number of carbonyl (C=O) groups is 2. The number of aliphatic hydroxyl groups is 2. The van der Waals surface area contributed by atoms with Crippen molar-refractivity contribution in [3.05, 3.63) is 11.8 Å². The van der Waals surface area contributed by atoms with Crippen LogP contribution in [0.2, 0.25) is 0 Å². The first-order valence-corrected chi connectivity index (χ1v) is 9.79. The standard InChI is InChI=1S/C20H34O5/c1-2-3-4-5-9-12-17(21)16-14-18(22)20(25)15(16)11-8-6-7-10-13-19(23)24/h12,15-16,20-21,25H,2-11,13-14H2,1H3,(H,23,24)/b17-12-. The molecule has 0 radical (unpaired) electrons. The van der Waals surface area contributed by atoms with E-state index in [-0.39, 0.29) is 36.2 Å². The fraction of sp³-hybridized carbons (Fsp3) is 0.800. The first-order chi connectivity index (χ1) is 12.0. The number of Topliss-reactive ketones (excluding diaryl/α,β-unsaturated/α-hetero) is 1. The second kappa shape index (κ2) is 12.1. The molecule has 0 heterocycles. The molecule has 0 aromatic rings. The molecule has 0 aromatic carbocycles. The van der Waals surface area contributed by atoms with Crippen molar-refractivity contribution in [2.24, 2.45) is 11.8 Å². The van der Waals surface area contributed by atoms with Crippen molar-refractivity contribution in [1.29, 1.82) is 0 Å². The molecule has 3 N–H and O–H groups in total. The third-order valence-electron chi connectivity index (χ3n) is 5.14. The van der Waals surface area contributed by atoms with Crippen molar-refractivity contribution >= 4 is 11.8 Å². The van der Waals surface area contributed by atoms with Gasteiger partial charge in [-0.1, -0.05) is 45.4 Å². The van der Waals surface area contributed by atoms with Crippen LogP contribution in [0.3, 0.4) is 0 Å². The molecule has 1 fully saturated rings. The summed E-state index contributed by atoms with van der Waals surface area (Å²) in [6.45, 7) is 2.16. The summed E-state index contributed by atoms with van der Waals surface area (Å²) in [5, 5.41) is 29.1. The first-order valence-electron chi connectivity index (χ1n) is 9.79. The molecule has 1 aliphatic rings. The maximum Gasteiger partial charge on any atom is 0.303 e. The van der Waals surface area contributed by atoms with Crippen molar-refractivity contribution in [2.75, 3.05) is 0 Å². The number of carboxylic acids is 1. The predicted octanol–water partition coefficient (Wildman–Crippen LogP) is 4.39. The van der Waals surface area contributed by atoms with Crippen LogP contribution < -0.4 is 0 Å². The van der Waals surface area contributed by atoms with E-state index in [0.717, 1.165) is 38.5 Å². The molecule has 1 rings (SSSR count). The Morgan fingerprint density at radius 3 is 2.44 bits per heavy atom. The molecule has 0 amide bonds. The highest BCUT2D eigenvalue weighted by Crippen LogP contribution is 2.37. The first kappa shape index (κ1) is 21.7. The van der Waals surface area contributed by atoms with E-state index in [4.69, 9.17) is 5.11 Å². The number of hydrogen-bond acceptors (Lipinski definition) is 4. The molecular formula is C20H34O5. The van der Waals surface area contributed by atoms with Crippen LogP contribution in [-0.2, 0) is 9.59 Å². The number of hydrogen-bond donors (Lipinski definition) is 3. The van der Waals surface area contributed by atoms with Crippen LogP contribution in [0.25, 0.3) is 0 Å².